The van der Waals surface area contributed by atoms with E-state index in [1.807, 2.05) is 0 Å². The van der Waals surface area contributed by atoms with Gasteiger partial charge in [0.15, 0.2) is 11.6 Å². The van der Waals surface area contributed by atoms with Crippen molar-refractivity contribution in [1.29, 1.82) is 0 Å². The van der Waals surface area contributed by atoms with E-state index in [4.69, 9.17) is 4.74 Å². The van der Waals surface area contributed by atoms with Crippen LogP contribution >= 0.6 is 0 Å². The summed E-state index contributed by atoms with van der Waals surface area (Å²) in [7, 11) is 1.37. The van der Waals surface area contributed by atoms with Gasteiger partial charge in [-0.05, 0) is 93.6 Å². The molecule has 0 saturated heterocycles. The second-order valence-corrected chi connectivity index (χ2v) is 7.80. The number of hydrogen-bond acceptors (Lipinski definition) is 1. The minimum atomic E-state index is -0.843. The van der Waals surface area contributed by atoms with E-state index in [0.717, 1.165) is 43.4 Å². The van der Waals surface area contributed by atoms with Crippen molar-refractivity contribution >= 4 is 0 Å². The maximum atomic E-state index is 14.3. The first-order chi connectivity index (χ1) is 12.1. The molecule has 0 unspecified atom stereocenters. The summed E-state index contributed by atoms with van der Waals surface area (Å²) in [6, 6.07) is 3.27. The summed E-state index contributed by atoms with van der Waals surface area (Å²) in [5.74, 6) is 0.964. The van der Waals surface area contributed by atoms with E-state index in [1.54, 1.807) is 12.1 Å². The van der Waals surface area contributed by atoms with E-state index >= 15 is 0 Å². The maximum Gasteiger partial charge on any atom is 0.200 e. The number of allylic oxidation sites excluding steroid dienone is 2. The SMILES string of the molecule is C/C=C\C1CCC(C2CCC(c3ccc(OC)c(F)c3F)CC2)CC1. The first-order valence-corrected chi connectivity index (χ1v) is 9.78. The number of methoxy groups -OCH3 is 1. The van der Waals surface area contributed by atoms with Crippen LogP contribution in [0.15, 0.2) is 24.3 Å². The second kappa shape index (κ2) is 8.33. The molecule has 1 aromatic carbocycles. The standard InChI is InChI=1S/C22H30F2O/c1-3-4-15-5-7-16(8-6-15)17-9-11-18(12-10-17)19-13-14-20(25-2)22(24)21(19)23/h3-4,13-18H,5-12H2,1-2H3/b4-3-. The summed E-state index contributed by atoms with van der Waals surface area (Å²) < 4.78 is 33.2. The molecule has 25 heavy (non-hydrogen) atoms. The zero-order chi connectivity index (χ0) is 17.8. The summed E-state index contributed by atoms with van der Waals surface area (Å²) in [6.07, 6.45) is 14.1. The molecule has 0 atom stereocenters. The molecule has 3 heteroatoms. The highest BCUT2D eigenvalue weighted by Crippen LogP contribution is 2.45. The molecule has 2 fully saturated rings. The Morgan fingerprint density at radius 3 is 2.04 bits per heavy atom. The van der Waals surface area contributed by atoms with Gasteiger partial charge in [-0.3, -0.25) is 0 Å². The summed E-state index contributed by atoms with van der Waals surface area (Å²) in [5.41, 5.74) is 0.536. The van der Waals surface area contributed by atoms with Gasteiger partial charge in [-0.1, -0.05) is 18.2 Å². The van der Waals surface area contributed by atoms with E-state index in [1.165, 1.54) is 32.8 Å². The Labute approximate surface area is 150 Å². The van der Waals surface area contributed by atoms with Gasteiger partial charge in [0.2, 0.25) is 5.82 Å². The molecule has 0 aliphatic heterocycles. The van der Waals surface area contributed by atoms with Crippen LogP contribution in [-0.4, -0.2) is 7.11 Å². The van der Waals surface area contributed by atoms with Gasteiger partial charge in [0, 0.05) is 0 Å². The Kier molecular flexibility index (Phi) is 6.14. The van der Waals surface area contributed by atoms with Crippen LogP contribution in [-0.2, 0) is 0 Å². The molecule has 3 rings (SSSR count). The van der Waals surface area contributed by atoms with Gasteiger partial charge in [-0.15, -0.1) is 0 Å². The molecule has 1 aromatic rings. The Balaban J connectivity index is 1.57. The Morgan fingerprint density at radius 2 is 1.48 bits per heavy atom. The lowest BCUT2D eigenvalue weighted by atomic mass is 9.68. The average molecular weight is 348 g/mol. The number of hydrogen-bond donors (Lipinski definition) is 0. The number of ether oxygens (including phenoxy) is 1. The van der Waals surface area contributed by atoms with Crippen LogP contribution in [0.3, 0.4) is 0 Å². The van der Waals surface area contributed by atoms with Gasteiger partial charge < -0.3 is 4.74 Å². The first kappa shape index (κ1) is 18.4. The van der Waals surface area contributed by atoms with Crippen LogP contribution in [0.25, 0.3) is 0 Å². The van der Waals surface area contributed by atoms with Crippen LogP contribution in [0.2, 0.25) is 0 Å². The van der Waals surface area contributed by atoms with Gasteiger partial charge >= 0.3 is 0 Å². The lowest BCUT2D eigenvalue weighted by Crippen LogP contribution is -2.25. The third-order valence-corrected chi connectivity index (χ3v) is 6.46. The monoisotopic (exact) mass is 348 g/mol. The highest BCUT2D eigenvalue weighted by molar-refractivity contribution is 5.33. The van der Waals surface area contributed by atoms with Crippen molar-refractivity contribution in [2.75, 3.05) is 7.11 Å². The molecule has 2 aliphatic carbocycles. The van der Waals surface area contributed by atoms with E-state index in [2.05, 4.69) is 19.1 Å². The van der Waals surface area contributed by atoms with E-state index in [9.17, 15) is 8.78 Å². The van der Waals surface area contributed by atoms with Gasteiger partial charge in [-0.25, -0.2) is 4.39 Å². The smallest absolute Gasteiger partial charge is 0.200 e. The van der Waals surface area contributed by atoms with Crippen LogP contribution in [0.4, 0.5) is 8.78 Å². The molecule has 0 radical (unpaired) electrons. The van der Waals surface area contributed by atoms with E-state index in [-0.39, 0.29) is 11.7 Å². The summed E-state index contributed by atoms with van der Waals surface area (Å²) >= 11 is 0. The van der Waals surface area contributed by atoms with Crippen molar-refractivity contribution in [2.24, 2.45) is 17.8 Å². The minimum absolute atomic E-state index is 0.00664. The molecule has 0 N–H and O–H groups in total. The van der Waals surface area contributed by atoms with E-state index < -0.39 is 11.6 Å². The fourth-order valence-corrected chi connectivity index (χ4v) is 5.00. The molecule has 2 aliphatic rings. The third-order valence-electron chi connectivity index (χ3n) is 6.46. The molecule has 0 bridgehead atoms. The molecule has 1 nitrogen and oxygen atoms in total. The summed E-state index contributed by atoms with van der Waals surface area (Å²) in [6.45, 7) is 2.11. The molecule has 0 aromatic heterocycles. The lowest BCUT2D eigenvalue weighted by Gasteiger charge is -2.37. The molecule has 0 heterocycles. The van der Waals surface area contributed by atoms with Crippen molar-refractivity contribution in [1.82, 2.24) is 0 Å². The minimum Gasteiger partial charge on any atom is -0.494 e. The highest BCUT2D eigenvalue weighted by Gasteiger charge is 2.32. The van der Waals surface area contributed by atoms with Crippen molar-refractivity contribution in [3.05, 3.63) is 41.5 Å². The molecule has 0 amide bonds. The van der Waals surface area contributed by atoms with Crippen molar-refractivity contribution < 1.29 is 13.5 Å². The molecule has 0 spiro atoms. The van der Waals surface area contributed by atoms with Gasteiger partial charge in [0.25, 0.3) is 0 Å². The van der Waals surface area contributed by atoms with Gasteiger partial charge in [0.05, 0.1) is 7.11 Å². The maximum absolute atomic E-state index is 14.3. The van der Waals surface area contributed by atoms with Crippen molar-refractivity contribution in [2.45, 2.75) is 64.2 Å². The van der Waals surface area contributed by atoms with Crippen molar-refractivity contribution in [3.8, 4) is 5.75 Å². The number of halogens is 2. The lowest BCUT2D eigenvalue weighted by molar-refractivity contribution is 0.170. The highest BCUT2D eigenvalue weighted by atomic mass is 19.2. The topological polar surface area (TPSA) is 9.23 Å². The van der Waals surface area contributed by atoms with Gasteiger partial charge in [-0.2, -0.15) is 4.39 Å². The second-order valence-electron chi connectivity index (χ2n) is 7.80. The van der Waals surface area contributed by atoms with Crippen LogP contribution < -0.4 is 4.74 Å². The zero-order valence-corrected chi connectivity index (χ0v) is 15.4. The first-order valence-electron chi connectivity index (χ1n) is 9.78. The van der Waals surface area contributed by atoms with Gasteiger partial charge in [0.1, 0.15) is 0 Å². The normalized spacial score (nSPS) is 30.6. The number of rotatable bonds is 4. The number of benzene rings is 1. The fourth-order valence-electron chi connectivity index (χ4n) is 5.00. The van der Waals surface area contributed by atoms with Crippen LogP contribution in [0.5, 0.6) is 5.75 Å². The predicted octanol–water partition coefficient (Wildman–Crippen LogP) is 6.63. The Morgan fingerprint density at radius 1 is 0.880 bits per heavy atom. The fraction of sp³-hybridized carbons (Fsp3) is 0.636. The Bertz CT molecular complexity index is 594. The van der Waals surface area contributed by atoms with Crippen molar-refractivity contribution in [3.63, 3.8) is 0 Å². The largest absolute Gasteiger partial charge is 0.494 e. The Hall–Kier alpha value is -1.38. The third kappa shape index (κ3) is 4.07. The molecule has 2 saturated carbocycles. The zero-order valence-electron chi connectivity index (χ0n) is 15.4. The molecular formula is C22H30F2O. The predicted molar refractivity (Wildman–Crippen MR) is 97.9 cm³/mol. The average Bonchev–Trinajstić information content (AvgIpc) is 2.65. The van der Waals surface area contributed by atoms with Crippen LogP contribution in [0, 0.1) is 29.4 Å². The van der Waals surface area contributed by atoms with Crippen LogP contribution in [0.1, 0.15) is 69.8 Å². The van der Waals surface area contributed by atoms with E-state index in [0.29, 0.717) is 5.56 Å². The molecule has 138 valence electrons. The summed E-state index contributed by atoms with van der Waals surface area (Å²) in [4.78, 5) is 0. The summed E-state index contributed by atoms with van der Waals surface area (Å²) in [5, 5.41) is 0. The molecular weight excluding hydrogens is 318 g/mol. The quantitative estimate of drug-likeness (QED) is 0.555.